The number of amides is 1. The average molecular weight is 367 g/mol. The van der Waals surface area contributed by atoms with Crippen molar-refractivity contribution in [2.24, 2.45) is 5.92 Å². The van der Waals surface area contributed by atoms with Gasteiger partial charge in [0.25, 0.3) is 5.91 Å². The highest BCUT2D eigenvalue weighted by Gasteiger charge is 2.48. The Morgan fingerprint density at radius 2 is 2.08 bits per heavy atom. The molecule has 0 spiro atoms. The molecule has 2 bridgehead atoms. The van der Waals surface area contributed by atoms with E-state index in [1.807, 2.05) is 0 Å². The van der Waals surface area contributed by atoms with Gasteiger partial charge in [0.15, 0.2) is 0 Å². The van der Waals surface area contributed by atoms with E-state index in [2.05, 4.69) is 24.1 Å². The Morgan fingerprint density at radius 1 is 1.38 bits per heavy atom. The predicted molar refractivity (Wildman–Crippen MR) is 96.4 cm³/mol. The Morgan fingerprint density at radius 3 is 2.75 bits per heavy atom. The maximum absolute atomic E-state index is 13.6. The van der Waals surface area contributed by atoms with Crippen LogP contribution in [0.4, 0.5) is 4.39 Å². The van der Waals surface area contributed by atoms with Gasteiger partial charge in [0.1, 0.15) is 5.82 Å². The monoisotopic (exact) mass is 366 g/mol. The first kappa shape index (κ1) is 16.3. The zero-order chi connectivity index (χ0) is 17.1. The minimum atomic E-state index is -0.448. The summed E-state index contributed by atoms with van der Waals surface area (Å²) in [6.07, 6.45) is 2.27. The molecule has 0 aliphatic carbocycles. The highest BCUT2D eigenvalue weighted by atomic mass is 35.5. The number of piperidine rings is 3. The molecule has 128 valence electrons. The van der Waals surface area contributed by atoms with Crippen molar-refractivity contribution in [3.63, 3.8) is 0 Å². The van der Waals surface area contributed by atoms with Crippen LogP contribution in [0, 0.1) is 11.7 Å². The number of nitrogens with zero attached hydrogens (tertiary/aromatic N) is 1. The molecule has 2 aromatic rings. The normalized spacial score (nSPS) is 28.2. The zero-order valence-corrected chi connectivity index (χ0v) is 15.3. The molecule has 5 rings (SSSR count). The summed E-state index contributed by atoms with van der Waals surface area (Å²) < 4.78 is 14.2. The van der Waals surface area contributed by atoms with E-state index < -0.39 is 5.82 Å². The van der Waals surface area contributed by atoms with E-state index in [4.69, 9.17) is 11.6 Å². The van der Waals surface area contributed by atoms with Gasteiger partial charge in [-0.3, -0.25) is 9.69 Å². The van der Waals surface area contributed by atoms with Crippen molar-refractivity contribution in [3.8, 4) is 0 Å². The number of rotatable bonds is 2. The van der Waals surface area contributed by atoms with Crippen molar-refractivity contribution >= 4 is 38.9 Å². The number of hydrogen-bond acceptors (Lipinski definition) is 3. The van der Waals surface area contributed by atoms with Gasteiger partial charge in [0, 0.05) is 11.6 Å². The molecular formula is C18H20ClFN2OS. The average Bonchev–Trinajstić information content (AvgIpc) is 3.00. The van der Waals surface area contributed by atoms with Crippen LogP contribution >= 0.6 is 22.9 Å². The number of benzene rings is 1. The number of halogens is 2. The largest absolute Gasteiger partial charge is 0.346 e. The van der Waals surface area contributed by atoms with Crippen LogP contribution in [0.25, 0.3) is 10.1 Å². The topological polar surface area (TPSA) is 32.3 Å². The van der Waals surface area contributed by atoms with Gasteiger partial charge >= 0.3 is 0 Å². The Hall–Kier alpha value is -1.17. The quantitative estimate of drug-likeness (QED) is 0.859. The molecule has 3 aliphatic heterocycles. The molecular weight excluding hydrogens is 347 g/mol. The summed E-state index contributed by atoms with van der Waals surface area (Å²) in [6, 6.07) is 4.96. The molecule has 1 N–H and O–H groups in total. The number of thiophene rings is 1. The Labute approximate surface area is 149 Å². The lowest BCUT2D eigenvalue weighted by atomic mass is 9.72. The van der Waals surface area contributed by atoms with Gasteiger partial charge in [-0.2, -0.15) is 0 Å². The van der Waals surface area contributed by atoms with Crippen molar-refractivity contribution in [2.45, 2.75) is 38.3 Å². The standard InChI is InChI=1S/C18H20ClFN2OS/c1-18(2)16(10-5-7-22(18)8-6-10)21-17(23)13-9-11-3-4-12(20)14(19)15(11)24-13/h3-4,9-10,16H,5-8H2,1-2H3,(H,21,23)/t16-/m0/s1. The molecule has 1 aromatic carbocycles. The van der Waals surface area contributed by atoms with Crippen LogP contribution in [0.5, 0.6) is 0 Å². The van der Waals surface area contributed by atoms with Gasteiger partial charge in [-0.15, -0.1) is 11.3 Å². The van der Waals surface area contributed by atoms with Crippen molar-refractivity contribution in [2.75, 3.05) is 13.1 Å². The summed E-state index contributed by atoms with van der Waals surface area (Å²) >= 11 is 7.29. The van der Waals surface area contributed by atoms with Crippen molar-refractivity contribution in [1.29, 1.82) is 0 Å². The van der Waals surface area contributed by atoms with Crippen LogP contribution in [0.2, 0.25) is 5.02 Å². The van der Waals surface area contributed by atoms with Crippen LogP contribution in [0.3, 0.4) is 0 Å². The number of fused-ring (bicyclic) bond motifs is 4. The fraction of sp³-hybridized carbons (Fsp3) is 0.500. The molecule has 24 heavy (non-hydrogen) atoms. The highest BCUT2D eigenvalue weighted by molar-refractivity contribution is 7.21. The van der Waals surface area contributed by atoms with Crippen LogP contribution in [-0.2, 0) is 0 Å². The molecule has 3 saturated heterocycles. The molecule has 4 heterocycles. The first-order chi connectivity index (χ1) is 11.4. The number of nitrogens with one attached hydrogen (secondary N) is 1. The van der Waals surface area contributed by atoms with E-state index in [9.17, 15) is 9.18 Å². The van der Waals surface area contributed by atoms with E-state index >= 15 is 0 Å². The predicted octanol–water partition coefficient (Wildman–Crippen LogP) is 4.30. The fourth-order valence-corrected chi connectivity index (χ4v) is 5.52. The molecule has 0 saturated carbocycles. The Balaban J connectivity index is 1.61. The van der Waals surface area contributed by atoms with Gasteiger partial charge in [-0.1, -0.05) is 17.7 Å². The first-order valence-electron chi connectivity index (χ1n) is 8.31. The second-order valence-electron chi connectivity index (χ2n) is 7.32. The SMILES string of the molecule is CC1(C)[C@@H](NC(=O)c2cc3ccc(F)c(Cl)c3s2)C2CCN1CC2. The third kappa shape index (κ3) is 2.45. The van der Waals surface area contributed by atoms with E-state index in [0.717, 1.165) is 31.3 Å². The van der Waals surface area contributed by atoms with Crippen LogP contribution < -0.4 is 5.32 Å². The minimum Gasteiger partial charge on any atom is -0.346 e. The second kappa shape index (κ2) is 5.68. The van der Waals surface area contributed by atoms with Crippen molar-refractivity contribution < 1.29 is 9.18 Å². The first-order valence-corrected chi connectivity index (χ1v) is 9.51. The van der Waals surface area contributed by atoms with Crippen molar-refractivity contribution in [3.05, 3.63) is 33.9 Å². The molecule has 1 aromatic heterocycles. The maximum atomic E-state index is 13.6. The van der Waals surface area contributed by atoms with Gasteiger partial charge in [-0.05, 0) is 63.2 Å². The third-order valence-electron chi connectivity index (χ3n) is 5.68. The van der Waals surface area contributed by atoms with Crippen LogP contribution in [0.15, 0.2) is 18.2 Å². The van der Waals surface area contributed by atoms with Gasteiger partial charge in [-0.25, -0.2) is 4.39 Å². The summed E-state index contributed by atoms with van der Waals surface area (Å²) in [5.41, 5.74) is -0.0305. The smallest absolute Gasteiger partial charge is 0.261 e. The molecule has 3 nitrogen and oxygen atoms in total. The van der Waals surface area contributed by atoms with E-state index in [0.29, 0.717) is 15.5 Å². The summed E-state index contributed by atoms with van der Waals surface area (Å²) in [6.45, 7) is 6.64. The maximum Gasteiger partial charge on any atom is 0.261 e. The summed E-state index contributed by atoms with van der Waals surface area (Å²) in [7, 11) is 0. The van der Waals surface area contributed by atoms with Crippen LogP contribution in [-0.4, -0.2) is 35.5 Å². The molecule has 0 unspecified atom stereocenters. The Bertz CT molecular complexity index is 811. The zero-order valence-electron chi connectivity index (χ0n) is 13.7. The summed E-state index contributed by atoms with van der Waals surface area (Å²) in [5, 5.41) is 4.15. The second-order valence-corrected chi connectivity index (χ2v) is 8.75. The molecule has 1 amide bonds. The lowest BCUT2D eigenvalue weighted by Gasteiger charge is -2.56. The molecule has 3 fully saturated rings. The Kier molecular flexibility index (Phi) is 3.86. The van der Waals surface area contributed by atoms with Gasteiger partial charge in [0.05, 0.1) is 14.6 Å². The lowest BCUT2D eigenvalue weighted by Crippen LogP contribution is -2.69. The fourth-order valence-electron chi connectivity index (χ4n) is 4.25. The number of carbonyl (C=O) groups excluding carboxylic acids is 1. The van der Waals surface area contributed by atoms with E-state index in [1.165, 1.54) is 17.4 Å². The molecule has 1 atom stereocenters. The van der Waals surface area contributed by atoms with Crippen LogP contribution in [0.1, 0.15) is 36.4 Å². The summed E-state index contributed by atoms with van der Waals surface area (Å²) in [5.74, 6) is 0.000332. The lowest BCUT2D eigenvalue weighted by molar-refractivity contribution is -0.0377. The number of hydrogen-bond donors (Lipinski definition) is 1. The van der Waals surface area contributed by atoms with Crippen molar-refractivity contribution in [1.82, 2.24) is 10.2 Å². The number of carbonyl (C=O) groups is 1. The van der Waals surface area contributed by atoms with E-state index in [-0.39, 0.29) is 22.5 Å². The summed E-state index contributed by atoms with van der Waals surface area (Å²) in [4.78, 5) is 15.8. The molecule has 3 aliphatic rings. The molecule has 0 radical (unpaired) electrons. The van der Waals surface area contributed by atoms with Gasteiger partial charge < -0.3 is 5.32 Å². The van der Waals surface area contributed by atoms with E-state index in [1.54, 1.807) is 12.1 Å². The minimum absolute atomic E-state index is 0.0305. The van der Waals surface area contributed by atoms with Gasteiger partial charge in [0.2, 0.25) is 0 Å². The third-order valence-corrected chi connectivity index (χ3v) is 7.33. The highest BCUT2D eigenvalue weighted by Crippen LogP contribution is 2.39. The molecule has 6 heteroatoms.